The zero-order valence-electron chi connectivity index (χ0n) is 10.0. The lowest BCUT2D eigenvalue weighted by Crippen LogP contribution is -2.35. The second-order valence-corrected chi connectivity index (χ2v) is 4.93. The first-order valence-electron chi connectivity index (χ1n) is 6.39. The molecule has 0 amide bonds. The fourth-order valence-corrected chi connectivity index (χ4v) is 2.85. The number of hydrogen-bond acceptors (Lipinski definition) is 5. The van der Waals surface area contributed by atoms with Gasteiger partial charge in [0.1, 0.15) is 11.6 Å². The summed E-state index contributed by atoms with van der Waals surface area (Å²) in [5.74, 6) is 1.45. The standard InChI is InChI=1S/C12H19N5/c13-11-7-15-12(8-14-11)17-6-3-10(9-17)16-4-1-2-5-16/h7-8,10H,1-6,9H2,(H2,13,14). The van der Waals surface area contributed by atoms with Gasteiger partial charge >= 0.3 is 0 Å². The largest absolute Gasteiger partial charge is 0.382 e. The molecule has 5 heteroatoms. The number of hydrogen-bond donors (Lipinski definition) is 1. The average molecular weight is 233 g/mol. The van der Waals surface area contributed by atoms with E-state index in [0.717, 1.165) is 18.9 Å². The molecule has 0 bridgehead atoms. The Kier molecular flexibility index (Phi) is 2.84. The number of anilines is 2. The van der Waals surface area contributed by atoms with E-state index in [2.05, 4.69) is 19.8 Å². The predicted octanol–water partition coefficient (Wildman–Crippen LogP) is 0.733. The number of likely N-dealkylation sites (tertiary alicyclic amines) is 1. The van der Waals surface area contributed by atoms with Crippen LogP contribution in [0.4, 0.5) is 11.6 Å². The number of nitrogens with zero attached hydrogens (tertiary/aromatic N) is 4. The summed E-state index contributed by atoms with van der Waals surface area (Å²) in [5, 5.41) is 0. The van der Waals surface area contributed by atoms with E-state index in [1.165, 1.54) is 32.4 Å². The second kappa shape index (κ2) is 4.49. The molecule has 2 saturated heterocycles. The summed E-state index contributed by atoms with van der Waals surface area (Å²) in [6.07, 6.45) is 7.38. The molecule has 0 aromatic carbocycles. The summed E-state index contributed by atoms with van der Waals surface area (Å²) in [6.45, 7) is 4.70. The molecule has 1 atom stereocenters. The van der Waals surface area contributed by atoms with E-state index >= 15 is 0 Å². The SMILES string of the molecule is Nc1cnc(N2CCC(N3CCCC3)C2)cn1. The molecule has 3 rings (SSSR count). The summed E-state index contributed by atoms with van der Waals surface area (Å²) >= 11 is 0. The van der Waals surface area contributed by atoms with Crippen molar-refractivity contribution >= 4 is 11.6 Å². The van der Waals surface area contributed by atoms with Crippen LogP contribution >= 0.6 is 0 Å². The van der Waals surface area contributed by atoms with Crippen molar-refractivity contribution in [3.8, 4) is 0 Å². The van der Waals surface area contributed by atoms with Crippen molar-refractivity contribution in [2.24, 2.45) is 0 Å². The van der Waals surface area contributed by atoms with Gasteiger partial charge in [-0.25, -0.2) is 9.97 Å². The topological polar surface area (TPSA) is 58.3 Å². The van der Waals surface area contributed by atoms with Crippen LogP contribution in [0.15, 0.2) is 12.4 Å². The molecule has 1 aromatic heterocycles. The van der Waals surface area contributed by atoms with Gasteiger partial charge in [0.2, 0.25) is 0 Å². The van der Waals surface area contributed by atoms with Crippen molar-refractivity contribution in [1.82, 2.24) is 14.9 Å². The first-order chi connectivity index (χ1) is 8.33. The molecule has 2 fully saturated rings. The molecule has 0 radical (unpaired) electrons. The van der Waals surface area contributed by atoms with Gasteiger partial charge in [-0.3, -0.25) is 4.90 Å². The van der Waals surface area contributed by atoms with Crippen LogP contribution in [0.3, 0.4) is 0 Å². The molecule has 2 N–H and O–H groups in total. The highest BCUT2D eigenvalue weighted by atomic mass is 15.3. The van der Waals surface area contributed by atoms with Gasteiger partial charge in [-0.15, -0.1) is 0 Å². The quantitative estimate of drug-likeness (QED) is 0.816. The predicted molar refractivity (Wildman–Crippen MR) is 67.9 cm³/mol. The van der Waals surface area contributed by atoms with Crippen molar-refractivity contribution in [1.29, 1.82) is 0 Å². The third-order valence-corrected chi connectivity index (χ3v) is 3.80. The summed E-state index contributed by atoms with van der Waals surface area (Å²) in [6, 6.07) is 0.705. The first kappa shape index (κ1) is 10.8. The minimum absolute atomic E-state index is 0.490. The minimum atomic E-state index is 0.490. The minimum Gasteiger partial charge on any atom is -0.382 e. The molecule has 2 aliphatic heterocycles. The van der Waals surface area contributed by atoms with Crippen LogP contribution in [-0.4, -0.2) is 47.1 Å². The van der Waals surface area contributed by atoms with Gasteiger partial charge in [-0.2, -0.15) is 0 Å². The van der Waals surface area contributed by atoms with Crippen molar-refractivity contribution in [3.05, 3.63) is 12.4 Å². The number of nitrogen functional groups attached to an aromatic ring is 1. The highest BCUT2D eigenvalue weighted by Crippen LogP contribution is 2.23. The van der Waals surface area contributed by atoms with E-state index in [9.17, 15) is 0 Å². The molecule has 17 heavy (non-hydrogen) atoms. The third kappa shape index (κ3) is 2.20. The zero-order chi connectivity index (χ0) is 11.7. The Morgan fingerprint density at radius 3 is 2.65 bits per heavy atom. The monoisotopic (exact) mass is 233 g/mol. The van der Waals surface area contributed by atoms with Crippen molar-refractivity contribution in [2.75, 3.05) is 36.8 Å². The third-order valence-electron chi connectivity index (χ3n) is 3.80. The Morgan fingerprint density at radius 1 is 1.12 bits per heavy atom. The fourth-order valence-electron chi connectivity index (χ4n) is 2.85. The van der Waals surface area contributed by atoms with Crippen LogP contribution in [0.5, 0.6) is 0 Å². The van der Waals surface area contributed by atoms with Crippen LogP contribution in [0, 0.1) is 0 Å². The normalized spacial score (nSPS) is 25.6. The highest BCUT2D eigenvalue weighted by molar-refractivity contribution is 5.40. The molecule has 0 saturated carbocycles. The molecule has 3 heterocycles. The first-order valence-corrected chi connectivity index (χ1v) is 6.39. The van der Waals surface area contributed by atoms with Gasteiger partial charge in [-0.05, 0) is 32.4 Å². The maximum absolute atomic E-state index is 5.55. The maximum Gasteiger partial charge on any atom is 0.147 e. The molecular formula is C12H19N5. The van der Waals surface area contributed by atoms with Gasteiger partial charge in [0, 0.05) is 19.1 Å². The van der Waals surface area contributed by atoms with Gasteiger partial charge < -0.3 is 10.6 Å². The van der Waals surface area contributed by atoms with Gasteiger partial charge in [0.15, 0.2) is 0 Å². The van der Waals surface area contributed by atoms with Crippen molar-refractivity contribution in [2.45, 2.75) is 25.3 Å². The zero-order valence-corrected chi connectivity index (χ0v) is 10.0. The number of rotatable bonds is 2. The van der Waals surface area contributed by atoms with Crippen LogP contribution in [0.2, 0.25) is 0 Å². The Labute approximate surface area is 102 Å². The molecule has 92 valence electrons. The molecule has 1 unspecified atom stereocenters. The van der Waals surface area contributed by atoms with Gasteiger partial charge in [0.05, 0.1) is 12.4 Å². The summed E-state index contributed by atoms with van der Waals surface area (Å²) < 4.78 is 0. The van der Waals surface area contributed by atoms with Crippen LogP contribution < -0.4 is 10.6 Å². The lowest BCUT2D eigenvalue weighted by Gasteiger charge is -2.23. The summed E-state index contributed by atoms with van der Waals surface area (Å²) in [5.41, 5.74) is 5.55. The smallest absolute Gasteiger partial charge is 0.147 e. The second-order valence-electron chi connectivity index (χ2n) is 4.93. The van der Waals surface area contributed by atoms with Crippen molar-refractivity contribution < 1.29 is 0 Å². The highest BCUT2D eigenvalue weighted by Gasteiger charge is 2.29. The lowest BCUT2D eigenvalue weighted by atomic mass is 10.2. The number of aromatic nitrogens is 2. The van der Waals surface area contributed by atoms with E-state index in [1.807, 2.05) is 0 Å². The number of nitrogens with two attached hydrogens (primary N) is 1. The van der Waals surface area contributed by atoms with Crippen LogP contribution in [0.1, 0.15) is 19.3 Å². The van der Waals surface area contributed by atoms with E-state index in [4.69, 9.17) is 5.73 Å². The molecule has 0 aliphatic carbocycles. The molecule has 1 aromatic rings. The Bertz CT molecular complexity index is 371. The van der Waals surface area contributed by atoms with Crippen LogP contribution in [0.25, 0.3) is 0 Å². The Balaban J connectivity index is 1.65. The van der Waals surface area contributed by atoms with E-state index < -0.39 is 0 Å². The maximum atomic E-state index is 5.55. The summed E-state index contributed by atoms with van der Waals surface area (Å²) in [7, 11) is 0. The Morgan fingerprint density at radius 2 is 1.94 bits per heavy atom. The summed E-state index contributed by atoms with van der Waals surface area (Å²) in [4.78, 5) is 13.4. The van der Waals surface area contributed by atoms with E-state index in [-0.39, 0.29) is 0 Å². The van der Waals surface area contributed by atoms with E-state index in [1.54, 1.807) is 12.4 Å². The van der Waals surface area contributed by atoms with Gasteiger partial charge in [-0.1, -0.05) is 0 Å². The molecule has 2 aliphatic rings. The van der Waals surface area contributed by atoms with Crippen LogP contribution in [-0.2, 0) is 0 Å². The van der Waals surface area contributed by atoms with Gasteiger partial charge in [0.25, 0.3) is 0 Å². The van der Waals surface area contributed by atoms with Crippen molar-refractivity contribution in [3.63, 3.8) is 0 Å². The Hall–Kier alpha value is -1.36. The fraction of sp³-hybridized carbons (Fsp3) is 0.667. The molecule has 5 nitrogen and oxygen atoms in total. The van der Waals surface area contributed by atoms with E-state index in [0.29, 0.717) is 11.9 Å². The molecular weight excluding hydrogens is 214 g/mol. The lowest BCUT2D eigenvalue weighted by molar-refractivity contribution is 0.260. The average Bonchev–Trinajstić information content (AvgIpc) is 3.00. The molecule has 0 spiro atoms.